The van der Waals surface area contributed by atoms with Crippen molar-refractivity contribution in [2.75, 3.05) is 7.05 Å². The molecule has 3 rings (SSSR count). The topological polar surface area (TPSA) is 117 Å². The summed E-state index contributed by atoms with van der Waals surface area (Å²) in [6.45, 7) is 1.05. The predicted octanol–water partition coefficient (Wildman–Crippen LogP) is 1.49. The van der Waals surface area contributed by atoms with Crippen molar-refractivity contribution in [3.05, 3.63) is 59.2 Å². The molecule has 0 spiro atoms. The van der Waals surface area contributed by atoms with Gasteiger partial charge in [-0.3, -0.25) is 9.59 Å². The van der Waals surface area contributed by atoms with E-state index in [4.69, 9.17) is 9.57 Å². The van der Waals surface area contributed by atoms with Crippen LogP contribution in [0.3, 0.4) is 0 Å². The number of aliphatic hydroxyl groups is 1. The number of hydroxylamine groups is 2. The summed E-state index contributed by atoms with van der Waals surface area (Å²) < 4.78 is 5.74. The zero-order valence-electron chi connectivity index (χ0n) is 14.7. The molecule has 2 aromatic rings. The van der Waals surface area contributed by atoms with Crippen molar-refractivity contribution in [1.29, 1.82) is 0 Å². The summed E-state index contributed by atoms with van der Waals surface area (Å²) in [5.74, 6) is -4.75. The van der Waals surface area contributed by atoms with Crippen LogP contribution < -0.4 is 0 Å². The van der Waals surface area contributed by atoms with Gasteiger partial charge in [0, 0.05) is 20.0 Å². The number of fused-ring (bicyclic) bond motifs is 1. The lowest BCUT2D eigenvalue weighted by Crippen LogP contribution is -2.48. The second-order valence-electron chi connectivity index (χ2n) is 6.25. The highest BCUT2D eigenvalue weighted by atomic mass is 16.8. The van der Waals surface area contributed by atoms with Crippen LogP contribution >= 0.6 is 0 Å². The molecule has 0 bridgehead atoms. The molecule has 0 saturated carbocycles. The largest absolute Gasteiger partial charge is 0.508 e. The normalized spacial score (nSPS) is 21.4. The number of likely N-dealkylation sites (N-methyl/N-ethyl adjacent to an activating group) is 1. The average molecular weight is 373 g/mol. The number of phenolic OH excluding ortho intramolecular Hbond substituents is 2. The highest BCUT2D eigenvalue weighted by Gasteiger charge is 2.50. The summed E-state index contributed by atoms with van der Waals surface area (Å²) in [5.41, 5.74) is 0.760. The van der Waals surface area contributed by atoms with Gasteiger partial charge in [0.05, 0.1) is 12.2 Å². The molecule has 0 fully saturated rings. The van der Waals surface area contributed by atoms with Crippen LogP contribution in [0.5, 0.6) is 11.5 Å². The molecule has 0 aliphatic carbocycles. The number of phenols is 2. The first-order valence-corrected chi connectivity index (χ1v) is 8.16. The summed E-state index contributed by atoms with van der Waals surface area (Å²) >= 11 is 0. The monoisotopic (exact) mass is 373 g/mol. The van der Waals surface area contributed by atoms with E-state index in [9.17, 15) is 24.9 Å². The van der Waals surface area contributed by atoms with Crippen molar-refractivity contribution in [3.8, 4) is 11.5 Å². The summed E-state index contributed by atoms with van der Waals surface area (Å²) in [6.07, 6.45) is -1.11. The zero-order valence-corrected chi connectivity index (χ0v) is 14.7. The Morgan fingerprint density at radius 1 is 1.22 bits per heavy atom. The molecule has 0 radical (unpaired) electrons. The predicted molar refractivity (Wildman–Crippen MR) is 92.2 cm³/mol. The van der Waals surface area contributed by atoms with Crippen molar-refractivity contribution in [1.82, 2.24) is 5.06 Å². The van der Waals surface area contributed by atoms with Crippen LogP contribution in [-0.4, -0.2) is 39.1 Å². The number of carbonyl (C=O) groups is 2. The third-order valence-corrected chi connectivity index (χ3v) is 4.27. The first-order chi connectivity index (χ1) is 12.7. The Morgan fingerprint density at radius 2 is 1.89 bits per heavy atom. The molecule has 27 heavy (non-hydrogen) atoms. The summed E-state index contributed by atoms with van der Waals surface area (Å²) in [4.78, 5) is 28.8. The molecular weight excluding hydrogens is 354 g/mol. The van der Waals surface area contributed by atoms with Gasteiger partial charge in [-0.1, -0.05) is 30.3 Å². The Kier molecular flexibility index (Phi) is 4.88. The lowest BCUT2D eigenvalue weighted by molar-refractivity contribution is -0.364. The molecule has 142 valence electrons. The van der Waals surface area contributed by atoms with Gasteiger partial charge in [-0.15, -0.1) is 0 Å². The van der Waals surface area contributed by atoms with Crippen molar-refractivity contribution in [2.45, 2.75) is 25.4 Å². The van der Waals surface area contributed by atoms with E-state index in [0.717, 1.165) is 13.0 Å². The first-order valence-electron chi connectivity index (χ1n) is 8.16. The summed E-state index contributed by atoms with van der Waals surface area (Å²) in [5, 5.41) is 32.1. The Labute approximate surface area is 155 Å². The molecule has 8 heteroatoms. The lowest BCUT2D eigenvalue weighted by Gasteiger charge is -2.42. The standard InChI is InChI=1S/C19H19NO7/c1-11(21)18(24)20(2)27-19(25)16-13(8-14(22)9-15(16)23)10-26-17(19)12-6-4-3-5-7-12/h3-9,17,22-23,25H,10H2,1-2H3. The van der Waals surface area contributed by atoms with Gasteiger partial charge in [0.2, 0.25) is 5.78 Å². The molecular formula is C19H19NO7. The van der Waals surface area contributed by atoms with Crippen LogP contribution in [0.4, 0.5) is 0 Å². The number of carbonyl (C=O) groups excluding carboxylic acids is 2. The van der Waals surface area contributed by atoms with Crippen LogP contribution in [0.2, 0.25) is 0 Å². The maximum absolute atomic E-state index is 11.9. The molecule has 2 aromatic carbocycles. The van der Waals surface area contributed by atoms with E-state index in [0.29, 0.717) is 10.6 Å². The smallest absolute Gasteiger partial charge is 0.313 e. The van der Waals surface area contributed by atoms with E-state index < -0.39 is 29.3 Å². The molecule has 2 atom stereocenters. The van der Waals surface area contributed by atoms with Gasteiger partial charge in [-0.05, 0) is 17.2 Å². The van der Waals surface area contributed by atoms with Gasteiger partial charge in [0.15, 0.2) is 0 Å². The van der Waals surface area contributed by atoms with E-state index in [-0.39, 0.29) is 23.5 Å². The second-order valence-corrected chi connectivity index (χ2v) is 6.25. The number of benzene rings is 2. The number of ketones is 1. The quantitative estimate of drug-likeness (QED) is 0.422. The summed E-state index contributed by atoms with van der Waals surface area (Å²) in [6, 6.07) is 11.0. The van der Waals surface area contributed by atoms with E-state index in [1.165, 1.54) is 13.1 Å². The average Bonchev–Trinajstić information content (AvgIpc) is 2.60. The van der Waals surface area contributed by atoms with E-state index in [1.54, 1.807) is 30.3 Å². The number of hydrogen-bond donors (Lipinski definition) is 3. The highest BCUT2D eigenvalue weighted by molar-refractivity contribution is 6.34. The number of nitrogens with zero attached hydrogens (tertiary/aromatic N) is 1. The highest BCUT2D eigenvalue weighted by Crippen LogP contribution is 2.49. The van der Waals surface area contributed by atoms with Crippen LogP contribution in [0.25, 0.3) is 0 Å². The number of aromatic hydroxyl groups is 2. The van der Waals surface area contributed by atoms with Crippen molar-refractivity contribution in [3.63, 3.8) is 0 Å². The SMILES string of the molecule is CC(=O)C(=O)N(C)OC1(O)c2c(O)cc(O)cc2COC1c1ccccc1. The number of rotatable bonds is 4. The number of Topliss-reactive ketones (excluding diaryl/α,β-unsaturated/α-hetero) is 1. The second kappa shape index (κ2) is 6.99. The zero-order chi connectivity index (χ0) is 19.8. The maximum Gasteiger partial charge on any atom is 0.313 e. The van der Waals surface area contributed by atoms with Crippen molar-refractivity contribution >= 4 is 11.7 Å². The number of ether oxygens (including phenoxy) is 1. The Morgan fingerprint density at radius 3 is 2.52 bits per heavy atom. The maximum atomic E-state index is 11.9. The lowest BCUT2D eigenvalue weighted by atomic mass is 9.88. The molecule has 1 aliphatic heterocycles. The van der Waals surface area contributed by atoms with E-state index in [1.807, 2.05) is 0 Å². The third kappa shape index (κ3) is 3.37. The molecule has 1 heterocycles. The van der Waals surface area contributed by atoms with Gasteiger partial charge < -0.3 is 20.1 Å². The van der Waals surface area contributed by atoms with E-state index in [2.05, 4.69) is 0 Å². The molecule has 1 amide bonds. The van der Waals surface area contributed by atoms with Crippen LogP contribution in [0.1, 0.15) is 29.7 Å². The van der Waals surface area contributed by atoms with Gasteiger partial charge in [-0.25, -0.2) is 9.90 Å². The molecule has 1 aliphatic rings. The minimum atomic E-state index is -2.33. The summed E-state index contributed by atoms with van der Waals surface area (Å²) in [7, 11) is 1.18. The third-order valence-electron chi connectivity index (χ3n) is 4.27. The number of hydrogen-bond acceptors (Lipinski definition) is 7. The number of amides is 1. The van der Waals surface area contributed by atoms with Gasteiger partial charge >= 0.3 is 5.91 Å². The molecule has 0 saturated heterocycles. The molecule has 0 aromatic heterocycles. The minimum Gasteiger partial charge on any atom is -0.508 e. The van der Waals surface area contributed by atoms with Crippen molar-refractivity contribution in [2.24, 2.45) is 0 Å². The van der Waals surface area contributed by atoms with Gasteiger partial charge in [-0.2, -0.15) is 0 Å². The molecule has 3 N–H and O–H groups in total. The van der Waals surface area contributed by atoms with E-state index >= 15 is 0 Å². The van der Waals surface area contributed by atoms with Crippen LogP contribution in [-0.2, 0) is 31.6 Å². The Balaban J connectivity index is 2.13. The fraction of sp³-hybridized carbons (Fsp3) is 0.263. The molecule has 2 unspecified atom stereocenters. The molecule has 8 nitrogen and oxygen atoms in total. The minimum absolute atomic E-state index is 0.0209. The fourth-order valence-electron chi connectivity index (χ4n) is 3.13. The van der Waals surface area contributed by atoms with Crippen LogP contribution in [0.15, 0.2) is 42.5 Å². The first kappa shape index (κ1) is 18.8. The van der Waals surface area contributed by atoms with Crippen LogP contribution in [0, 0.1) is 0 Å². The van der Waals surface area contributed by atoms with Gasteiger partial charge in [0.25, 0.3) is 5.79 Å². The fourth-order valence-corrected chi connectivity index (χ4v) is 3.13. The Bertz CT molecular complexity index is 883. The Hall–Kier alpha value is -2.94. The van der Waals surface area contributed by atoms with Gasteiger partial charge in [0.1, 0.15) is 17.6 Å². The van der Waals surface area contributed by atoms with Crippen molar-refractivity contribution < 1.29 is 34.5 Å².